The standard InChI is InChI=1S/C15H11S/c1-2-6-12(7-3-1)15-11-10-13-8-4-5-9-14(13)16-15/h1-11H/q+1. The molecule has 0 radical (unpaired) electrons. The maximum atomic E-state index is 2.20. The zero-order valence-corrected chi connectivity index (χ0v) is 9.58. The molecule has 0 nitrogen and oxygen atoms in total. The lowest BCUT2D eigenvalue weighted by atomic mass is 10.2. The summed E-state index contributed by atoms with van der Waals surface area (Å²) in [4.78, 5) is 1.32. The largest absolute Gasteiger partial charge is 0.238 e. The third-order valence-corrected chi connectivity index (χ3v) is 3.79. The highest BCUT2D eigenvalue weighted by Crippen LogP contribution is 2.29. The van der Waals surface area contributed by atoms with Gasteiger partial charge in [0.2, 0.25) is 20.9 Å². The molecule has 0 bridgehead atoms. The summed E-state index contributed by atoms with van der Waals surface area (Å²) in [6.07, 6.45) is 0. The molecule has 0 aliphatic heterocycles. The van der Waals surface area contributed by atoms with Gasteiger partial charge >= 0.3 is 0 Å². The Balaban J connectivity index is 2.19. The van der Waals surface area contributed by atoms with E-state index in [4.69, 9.17) is 0 Å². The lowest BCUT2D eigenvalue weighted by Gasteiger charge is -1.92. The van der Waals surface area contributed by atoms with Crippen LogP contribution in [0, 0.1) is 0 Å². The first-order valence-electron chi connectivity index (χ1n) is 5.31. The minimum Gasteiger partial charge on any atom is -0.0622 e. The normalized spacial score (nSPS) is 10.5. The Morgan fingerprint density at radius 1 is 0.625 bits per heavy atom. The Hall–Kier alpha value is -1.73. The van der Waals surface area contributed by atoms with Crippen molar-refractivity contribution in [3.05, 3.63) is 66.7 Å². The molecule has 3 aromatic rings. The molecule has 1 aromatic heterocycles. The number of fused-ring (bicyclic) bond motifs is 1. The van der Waals surface area contributed by atoms with Crippen LogP contribution >= 0.6 is 11.3 Å². The Kier molecular flexibility index (Phi) is 2.39. The van der Waals surface area contributed by atoms with E-state index in [0.717, 1.165) is 0 Å². The molecule has 0 aliphatic rings. The Labute approximate surface area is 98.8 Å². The Morgan fingerprint density at radius 2 is 1.38 bits per heavy atom. The number of hydrogen-bond acceptors (Lipinski definition) is 0. The average molecular weight is 223 g/mol. The van der Waals surface area contributed by atoms with Gasteiger partial charge in [-0.25, -0.2) is 0 Å². The van der Waals surface area contributed by atoms with Crippen molar-refractivity contribution in [1.82, 2.24) is 0 Å². The van der Waals surface area contributed by atoms with Gasteiger partial charge in [0.15, 0.2) is 0 Å². The summed E-state index contributed by atoms with van der Waals surface area (Å²) in [5.41, 5.74) is 1.29. The number of hydrogen-bond donors (Lipinski definition) is 0. The van der Waals surface area contributed by atoms with E-state index < -0.39 is 0 Å². The first-order chi connectivity index (χ1) is 7.93. The van der Waals surface area contributed by atoms with Gasteiger partial charge in [0.1, 0.15) is 0 Å². The maximum absolute atomic E-state index is 2.20. The molecule has 0 spiro atoms. The summed E-state index contributed by atoms with van der Waals surface area (Å²) in [5, 5.41) is 1.31. The first-order valence-corrected chi connectivity index (χ1v) is 6.12. The topological polar surface area (TPSA) is 0 Å². The molecule has 0 unspecified atom stereocenters. The van der Waals surface area contributed by atoms with Gasteiger partial charge in [0.25, 0.3) is 0 Å². The van der Waals surface area contributed by atoms with Gasteiger partial charge in [-0.05, 0) is 24.3 Å². The molecule has 0 saturated heterocycles. The SMILES string of the molecule is c1ccc(-c2ccc3ccccc3[s+]2)cc1. The minimum atomic E-state index is 1.29. The summed E-state index contributed by atoms with van der Waals surface area (Å²) < 4.78 is 1.34. The third kappa shape index (κ3) is 1.70. The van der Waals surface area contributed by atoms with Gasteiger partial charge in [-0.3, -0.25) is 0 Å². The average Bonchev–Trinajstić information content (AvgIpc) is 2.39. The van der Waals surface area contributed by atoms with Crippen LogP contribution in [0.15, 0.2) is 66.7 Å². The van der Waals surface area contributed by atoms with Crippen LogP contribution in [0.25, 0.3) is 20.5 Å². The van der Waals surface area contributed by atoms with Gasteiger partial charge in [0.05, 0.1) is 0 Å². The van der Waals surface area contributed by atoms with Crippen LogP contribution in [-0.2, 0) is 0 Å². The molecular weight excluding hydrogens is 212 g/mol. The monoisotopic (exact) mass is 223 g/mol. The zero-order chi connectivity index (χ0) is 10.8. The van der Waals surface area contributed by atoms with E-state index in [1.54, 1.807) is 0 Å². The molecule has 1 heterocycles. The summed E-state index contributed by atoms with van der Waals surface area (Å²) >= 11 is 1.84. The molecule has 0 atom stereocenters. The van der Waals surface area contributed by atoms with E-state index in [1.807, 2.05) is 11.3 Å². The van der Waals surface area contributed by atoms with Crippen LogP contribution in [0.4, 0.5) is 0 Å². The molecule has 2 aromatic carbocycles. The van der Waals surface area contributed by atoms with Crippen LogP contribution in [0.3, 0.4) is 0 Å². The van der Waals surface area contributed by atoms with Crippen LogP contribution < -0.4 is 0 Å². The van der Waals surface area contributed by atoms with E-state index >= 15 is 0 Å². The number of benzene rings is 2. The highest BCUT2D eigenvalue weighted by Gasteiger charge is 2.11. The second kappa shape index (κ2) is 4.03. The predicted octanol–water partition coefficient (Wildman–Crippen LogP) is 4.85. The quantitative estimate of drug-likeness (QED) is 0.517. The van der Waals surface area contributed by atoms with Crippen LogP contribution in [-0.4, -0.2) is 0 Å². The molecule has 1 heteroatoms. The molecule has 0 saturated carbocycles. The fourth-order valence-electron chi connectivity index (χ4n) is 1.79. The molecule has 0 N–H and O–H groups in total. The van der Waals surface area contributed by atoms with Crippen molar-refractivity contribution in [1.29, 1.82) is 0 Å². The van der Waals surface area contributed by atoms with Crippen molar-refractivity contribution < 1.29 is 0 Å². The van der Waals surface area contributed by atoms with E-state index in [-0.39, 0.29) is 0 Å². The second-order valence-corrected chi connectivity index (χ2v) is 4.79. The highest BCUT2D eigenvalue weighted by atomic mass is 32.1. The summed E-state index contributed by atoms with van der Waals surface area (Å²) in [6, 6.07) is 23.4. The van der Waals surface area contributed by atoms with Crippen LogP contribution in [0.1, 0.15) is 0 Å². The summed E-state index contributed by atoms with van der Waals surface area (Å²) in [6.45, 7) is 0. The zero-order valence-electron chi connectivity index (χ0n) is 8.76. The number of rotatable bonds is 1. The van der Waals surface area contributed by atoms with Gasteiger partial charge in [-0.15, -0.1) is 0 Å². The third-order valence-electron chi connectivity index (χ3n) is 2.61. The molecule has 0 fully saturated rings. The molecule has 0 amide bonds. The van der Waals surface area contributed by atoms with E-state index in [1.165, 1.54) is 20.5 Å². The Bertz CT molecular complexity index is 614. The molecular formula is C15H11S+. The van der Waals surface area contributed by atoms with Gasteiger partial charge in [-0.2, -0.15) is 0 Å². The second-order valence-electron chi connectivity index (χ2n) is 3.70. The molecule has 76 valence electrons. The van der Waals surface area contributed by atoms with E-state index in [2.05, 4.69) is 66.7 Å². The van der Waals surface area contributed by atoms with Crippen molar-refractivity contribution in [2.45, 2.75) is 0 Å². The van der Waals surface area contributed by atoms with Crippen LogP contribution in [0.2, 0.25) is 0 Å². The van der Waals surface area contributed by atoms with E-state index in [0.29, 0.717) is 0 Å². The smallest absolute Gasteiger partial charge is 0.0622 e. The maximum Gasteiger partial charge on any atom is 0.238 e. The van der Waals surface area contributed by atoms with Crippen molar-refractivity contribution in [2.24, 2.45) is 0 Å². The van der Waals surface area contributed by atoms with Crippen molar-refractivity contribution in [2.75, 3.05) is 0 Å². The van der Waals surface area contributed by atoms with Gasteiger partial charge in [0, 0.05) is 23.1 Å². The van der Waals surface area contributed by atoms with Gasteiger partial charge < -0.3 is 0 Å². The van der Waals surface area contributed by atoms with Crippen molar-refractivity contribution in [3.63, 3.8) is 0 Å². The van der Waals surface area contributed by atoms with Crippen molar-refractivity contribution in [3.8, 4) is 10.4 Å². The fraction of sp³-hybridized carbons (Fsp3) is 0. The van der Waals surface area contributed by atoms with Gasteiger partial charge in [-0.1, -0.05) is 30.3 Å². The van der Waals surface area contributed by atoms with E-state index in [9.17, 15) is 0 Å². The minimum absolute atomic E-state index is 1.29. The molecule has 0 aliphatic carbocycles. The summed E-state index contributed by atoms with van der Waals surface area (Å²) in [5.74, 6) is 0. The Morgan fingerprint density at radius 3 is 2.25 bits per heavy atom. The summed E-state index contributed by atoms with van der Waals surface area (Å²) in [7, 11) is 0. The first kappa shape index (κ1) is 9.49. The lowest BCUT2D eigenvalue weighted by molar-refractivity contribution is 1.69. The lowest BCUT2D eigenvalue weighted by Crippen LogP contribution is -1.74. The highest BCUT2D eigenvalue weighted by molar-refractivity contribution is 7.21. The fourth-order valence-corrected chi connectivity index (χ4v) is 2.81. The predicted molar refractivity (Wildman–Crippen MR) is 71.7 cm³/mol. The molecule has 16 heavy (non-hydrogen) atoms. The molecule has 3 rings (SSSR count). The van der Waals surface area contributed by atoms with Crippen molar-refractivity contribution >= 4 is 21.4 Å². The van der Waals surface area contributed by atoms with Crippen LogP contribution in [0.5, 0.6) is 0 Å².